The van der Waals surface area contributed by atoms with Gasteiger partial charge in [0.2, 0.25) is 5.91 Å². The highest BCUT2D eigenvalue weighted by Gasteiger charge is 2.17. The van der Waals surface area contributed by atoms with Crippen LogP contribution in [0.25, 0.3) is 0 Å². The number of nitrogens with zero attached hydrogens (tertiary/aromatic N) is 1. The van der Waals surface area contributed by atoms with Gasteiger partial charge in [-0.2, -0.15) is 13.5 Å². The van der Waals surface area contributed by atoms with Crippen LogP contribution >= 0.6 is 0 Å². The van der Waals surface area contributed by atoms with E-state index in [2.05, 4.69) is 20.2 Å². The van der Waals surface area contributed by atoms with Gasteiger partial charge in [-0.15, -0.1) is 0 Å². The van der Waals surface area contributed by atoms with E-state index in [4.69, 9.17) is 0 Å². The number of aromatic nitrogens is 2. The highest BCUT2D eigenvalue weighted by Crippen LogP contribution is 2.25. The zero-order valence-electron chi connectivity index (χ0n) is 11.7. The number of hydrogen-bond acceptors (Lipinski definition) is 4. The average Bonchev–Trinajstić information content (AvgIpc) is 2.98. The van der Waals surface area contributed by atoms with E-state index in [1.54, 1.807) is 32.0 Å². The molecule has 0 atom stereocenters. The third kappa shape index (κ3) is 3.40. The fraction of sp³-hybridized carbons (Fsp3) is 0.231. The highest BCUT2D eigenvalue weighted by atomic mass is 32.2. The first-order chi connectivity index (χ1) is 9.94. The summed E-state index contributed by atoms with van der Waals surface area (Å²) in [6.07, 6.45) is 1.71. The Hall–Kier alpha value is -2.35. The van der Waals surface area contributed by atoms with Crippen LogP contribution in [0.15, 0.2) is 35.5 Å². The third-order valence-corrected chi connectivity index (χ3v) is 4.23. The summed E-state index contributed by atoms with van der Waals surface area (Å²) in [5.74, 6) is -0.133. The average molecular weight is 308 g/mol. The lowest BCUT2D eigenvalue weighted by molar-refractivity contribution is -0.115. The molecule has 0 aliphatic heterocycles. The maximum absolute atomic E-state index is 12.1. The van der Waals surface area contributed by atoms with Gasteiger partial charge in [-0.3, -0.25) is 14.6 Å². The van der Waals surface area contributed by atoms with Crippen LogP contribution in [0.5, 0.6) is 0 Å². The van der Waals surface area contributed by atoms with Crippen LogP contribution in [-0.2, 0) is 14.8 Å². The molecule has 2 rings (SSSR count). The van der Waals surface area contributed by atoms with Crippen molar-refractivity contribution in [2.24, 2.45) is 0 Å². The molecule has 3 N–H and O–H groups in total. The summed E-state index contributed by atoms with van der Waals surface area (Å²) < 4.78 is 26.7. The number of hydrogen-bond donors (Lipinski definition) is 3. The van der Waals surface area contributed by atoms with E-state index < -0.39 is 10.0 Å². The molecule has 0 saturated heterocycles. The van der Waals surface area contributed by atoms with Crippen molar-refractivity contribution >= 4 is 27.3 Å². The lowest BCUT2D eigenvalue weighted by Gasteiger charge is -2.13. The van der Waals surface area contributed by atoms with Crippen LogP contribution in [0.2, 0.25) is 0 Å². The van der Waals surface area contributed by atoms with Crippen molar-refractivity contribution in [2.45, 2.75) is 25.3 Å². The summed E-state index contributed by atoms with van der Waals surface area (Å²) in [4.78, 5) is 11.5. The van der Waals surface area contributed by atoms with Crippen molar-refractivity contribution in [3.8, 4) is 0 Å². The van der Waals surface area contributed by atoms with Gasteiger partial charge in [0, 0.05) is 12.1 Å². The molecular weight excluding hydrogens is 292 g/mol. The van der Waals surface area contributed by atoms with Gasteiger partial charge in [-0.05, 0) is 30.7 Å². The van der Waals surface area contributed by atoms with Crippen LogP contribution in [0.4, 0.5) is 11.4 Å². The number of carbonyl (C=O) groups excluding carboxylic acids is 1. The number of benzene rings is 1. The number of aromatic amines is 1. The summed E-state index contributed by atoms with van der Waals surface area (Å²) in [5, 5.41) is 8.73. The molecular formula is C13H16N4O3S. The molecule has 1 amide bonds. The Labute approximate surface area is 122 Å². The zero-order chi connectivity index (χ0) is 15.5. The molecule has 8 heteroatoms. The molecule has 21 heavy (non-hydrogen) atoms. The van der Waals surface area contributed by atoms with Gasteiger partial charge in [0.15, 0.2) is 5.03 Å². The van der Waals surface area contributed by atoms with Gasteiger partial charge in [-0.25, -0.2) is 0 Å². The fourth-order valence-corrected chi connectivity index (χ4v) is 2.75. The van der Waals surface area contributed by atoms with Crippen molar-refractivity contribution in [1.82, 2.24) is 10.2 Å². The van der Waals surface area contributed by atoms with Crippen molar-refractivity contribution < 1.29 is 13.2 Å². The second-order valence-corrected chi connectivity index (χ2v) is 6.06. The van der Waals surface area contributed by atoms with E-state index in [1.165, 1.54) is 12.3 Å². The number of anilines is 2. The second kappa shape index (κ2) is 5.96. The summed E-state index contributed by atoms with van der Waals surface area (Å²) in [6, 6.07) is 6.38. The first-order valence-corrected chi connectivity index (χ1v) is 7.84. The molecule has 1 aromatic heterocycles. The molecule has 0 spiro atoms. The molecule has 0 bridgehead atoms. The summed E-state index contributed by atoms with van der Waals surface area (Å²) in [7, 11) is -3.72. The van der Waals surface area contributed by atoms with Gasteiger partial charge in [0.25, 0.3) is 10.0 Å². The van der Waals surface area contributed by atoms with Crippen molar-refractivity contribution in [3.63, 3.8) is 0 Å². The Morgan fingerprint density at radius 1 is 1.29 bits per heavy atom. The fourth-order valence-electron chi connectivity index (χ4n) is 1.71. The van der Waals surface area contributed by atoms with E-state index in [1.807, 2.05) is 0 Å². The summed E-state index contributed by atoms with van der Waals surface area (Å²) in [6.45, 7) is 3.48. The molecule has 0 aliphatic rings. The monoisotopic (exact) mass is 308 g/mol. The normalized spacial score (nSPS) is 11.1. The number of rotatable bonds is 5. The Kier molecular flexibility index (Phi) is 4.27. The van der Waals surface area contributed by atoms with Crippen LogP contribution in [-0.4, -0.2) is 24.5 Å². The largest absolute Gasteiger partial charge is 0.326 e. The minimum atomic E-state index is -3.72. The van der Waals surface area contributed by atoms with Gasteiger partial charge < -0.3 is 5.32 Å². The standard InChI is InChI=1S/C13H16N4O3S/c1-3-12(18)15-10-5-4-6-11(9(10)2)17-21(19,20)13-7-8-14-16-13/h4-8,17H,3H2,1-2H3,(H,14,16)(H,15,18). The molecule has 0 radical (unpaired) electrons. The van der Waals surface area contributed by atoms with Gasteiger partial charge in [0.05, 0.1) is 11.9 Å². The Bertz CT molecular complexity index is 739. The predicted molar refractivity (Wildman–Crippen MR) is 79.5 cm³/mol. The number of carbonyl (C=O) groups is 1. The van der Waals surface area contributed by atoms with E-state index in [0.29, 0.717) is 23.4 Å². The van der Waals surface area contributed by atoms with E-state index in [9.17, 15) is 13.2 Å². The van der Waals surface area contributed by atoms with Crippen molar-refractivity contribution in [2.75, 3.05) is 10.0 Å². The summed E-state index contributed by atoms with van der Waals surface area (Å²) in [5.41, 5.74) is 1.62. The minimum absolute atomic E-state index is 0.0232. The Balaban J connectivity index is 2.29. The maximum atomic E-state index is 12.1. The maximum Gasteiger partial charge on any atom is 0.278 e. The van der Waals surface area contributed by atoms with Gasteiger partial charge in [-0.1, -0.05) is 13.0 Å². The zero-order valence-corrected chi connectivity index (χ0v) is 12.5. The molecule has 0 fully saturated rings. The van der Waals surface area contributed by atoms with Gasteiger partial charge in [0.1, 0.15) is 0 Å². The van der Waals surface area contributed by atoms with Crippen LogP contribution in [0.1, 0.15) is 18.9 Å². The van der Waals surface area contributed by atoms with Crippen LogP contribution in [0, 0.1) is 6.92 Å². The topological polar surface area (TPSA) is 104 Å². The lowest BCUT2D eigenvalue weighted by atomic mass is 10.1. The van der Waals surface area contributed by atoms with Crippen molar-refractivity contribution in [3.05, 3.63) is 36.0 Å². The van der Waals surface area contributed by atoms with E-state index in [0.717, 1.165) is 0 Å². The lowest BCUT2D eigenvalue weighted by Crippen LogP contribution is -2.16. The number of H-pyrrole nitrogens is 1. The first kappa shape index (κ1) is 15.0. The molecule has 112 valence electrons. The molecule has 0 saturated carbocycles. The minimum Gasteiger partial charge on any atom is -0.326 e. The van der Waals surface area contributed by atoms with Crippen LogP contribution < -0.4 is 10.0 Å². The van der Waals surface area contributed by atoms with Crippen LogP contribution in [0.3, 0.4) is 0 Å². The predicted octanol–water partition coefficient (Wildman–Crippen LogP) is 1.87. The molecule has 2 aromatic rings. The van der Waals surface area contributed by atoms with Crippen molar-refractivity contribution in [1.29, 1.82) is 0 Å². The first-order valence-electron chi connectivity index (χ1n) is 6.35. The number of nitrogens with one attached hydrogen (secondary N) is 3. The van der Waals surface area contributed by atoms with E-state index >= 15 is 0 Å². The number of sulfonamides is 1. The highest BCUT2D eigenvalue weighted by molar-refractivity contribution is 7.92. The quantitative estimate of drug-likeness (QED) is 0.784. The third-order valence-electron chi connectivity index (χ3n) is 2.94. The molecule has 7 nitrogen and oxygen atoms in total. The second-order valence-electron chi connectivity index (χ2n) is 4.41. The number of amides is 1. The molecule has 1 heterocycles. The molecule has 1 aromatic carbocycles. The smallest absolute Gasteiger partial charge is 0.278 e. The Morgan fingerprint density at radius 2 is 2.00 bits per heavy atom. The SMILES string of the molecule is CCC(=O)Nc1cccc(NS(=O)(=O)c2ccn[nH]2)c1C. The molecule has 0 unspecified atom stereocenters. The van der Waals surface area contributed by atoms with Gasteiger partial charge >= 0.3 is 0 Å². The molecule has 0 aliphatic carbocycles. The Morgan fingerprint density at radius 3 is 2.62 bits per heavy atom. The van der Waals surface area contributed by atoms with E-state index in [-0.39, 0.29) is 10.9 Å². The summed E-state index contributed by atoms with van der Waals surface area (Å²) >= 11 is 0.